The summed E-state index contributed by atoms with van der Waals surface area (Å²) in [5, 5.41) is 0. The molecule has 5 rings (SSSR count). The summed E-state index contributed by atoms with van der Waals surface area (Å²) in [5.74, 6) is 13.1. The van der Waals surface area contributed by atoms with Crippen LogP contribution in [-0.2, 0) is 4.79 Å². The lowest BCUT2D eigenvalue weighted by Gasteiger charge is -2.05. The van der Waals surface area contributed by atoms with Crippen molar-refractivity contribution in [3.63, 3.8) is 0 Å². The maximum absolute atomic E-state index is 13.9. The summed E-state index contributed by atoms with van der Waals surface area (Å²) >= 11 is 0. The van der Waals surface area contributed by atoms with E-state index in [0.29, 0.717) is 22.3 Å². The largest absolute Gasteiger partial charge is 0.288 e. The highest BCUT2D eigenvalue weighted by molar-refractivity contribution is 6.48. The highest BCUT2D eigenvalue weighted by Gasteiger charge is 2.32. The fraction of sp³-hybridized carbons (Fsp3) is 0. The standard InChI is InChI=1S/C33H20O/c34-33-31(27-17-9-3-10-18-27)29(23-21-25-13-5-1-6-14-25)30(24-22-26-15-7-2-8-16-26)32(33)28-19-11-4-12-20-28/h1-20H. The van der Waals surface area contributed by atoms with Crippen molar-refractivity contribution in [3.05, 3.63) is 155 Å². The lowest BCUT2D eigenvalue weighted by Crippen LogP contribution is -2.01. The van der Waals surface area contributed by atoms with Crippen LogP contribution in [0, 0.1) is 23.7 Å². The summed E-state index contributed by atoms with van der Waals surface area (Å²) in [6.45, 7) is 0. The van der Waals surface area contributed by atoms with Gasteiger partial charge in [0, 0.05) is 22.3 Å². The minimum Gasteiger partial charge on any atom is -0.288 e. The van der Waals surface area contributed by atoms with Gasteiger partial charge in [0.25, 0.3) is 0 Å². The highest BCUT2D eigenvalue weighted by atomic mass is 16.1. The van der Waals surface area contributed by atoms with Crippen molar-refractivity contribution in [1.29, 1.82) is 0 Å². The molecule has 34 heavy (non-hydrogen) atoms. The Bertz CT molecular complexity index is 1400. The molecule has 1 heteroatoms. The molecule has 0 aromatic heterocycles. The van der Waals surface area contributed by atoms with E-state index in [4.69, 9.17) is 0 Å². The molecule has 0 aliphatic heterocycles. The van der Waals surface area contributed by atoms with Crippen LogP contribution in [0.15, 0.2) is 132 Å². The van der Waals surface area contributed by atoms with Gasteiger partial charge in [-0.25, -0.2) is 0 Å². The van der Waals surface area contributed by atoms with Crippen molar-refractivity contribution < 1.29 is 4.79 Å². The topological polar surface area (TPSA) is 17.1 Å². The van der Waals surface area contributed by atoms with Gasteiger partial charge >= 0.3 is 0 Å². The minimum absolute atomic E-state index is 0.0490. The summed E-state index contributed by atoms with van der Waals surface area (Å²) in [6, 6.07) is 39.0. The fourth-order valence-corrected chi connectivity index (χ4v) is 3.92. The van der Waals surface area contributed by atoms with E-state index in [2.05, 4.69) is 23.7 Å². The first-order chi connectivity index (χ1) is 16.8. The molecule has 0 saturated carbocycles. The summed E-state index contributed by atoms with van der Waals surface area (Å²) in [5.41, 5.74) is 5.99. The second kappa shape index (κ2) is 9.74. The van der Waals surface area contributed by atoms with E-state index in [1.165, 1.54) is 0 Å². The Labute approximate surface area is 200 Å². The van der Waals surface area contributed by atoms with Gasteiger partial charge in [0.05, 0.1) is 11.1 Å². The van der Waals surface area contributed by atoms with E-state index >= 15 is 0 Å². The number of Topliss-reactive ketones (excluding diaryl/α,β-unsaturated/α-hetero) is 1. The molecule has 4 aromatic rings. The van der Waals surface area contributed by atoms with Crippen molar-refractivity contribution in [2.75, 3.05) is 0 Å². The van der Waals surface area contributed by atoms with Crippen LogP contribution in [0.5, 0.6) is 0 Å². The normalized spacial score (nSPS) is 12.6. The van der Waals surface area contributed by atoms with Gasteiger partial charge in [0.2, 0.25) is 0 Å². The molecule has 0 amide bonds. The van der Waals surface area contributed by atoms with Crippen molar-refractivity contribution in [2.24, 2.45) is 0 Å². The molecule has 4 aromatic carbocycles. The Balaban J connectivity index is 1.76. The van der Waals surface area contributed by atoms with Crippen LogP contribution >= 0.6 is 0 Å². The lowest BCUT2D eigenvalue weighted by atomic mass is 9.96. The van der Waals surface area contributed by atoms with Gasteiger partial charge in [-0.3, -0.25) is 4.79 Å². The van der Waals surface area contributed by atoms with E-state index in [1.807, 2.05) is 121 Å². The van der Waals surface area contributed by atoms with Gasteiger partial charge in [0.15, 0.2) is 5.78 Å². The van der Waals surface area contributed by atoms with Crippen LogP contribution in [0.4, 0.5) is 0 Å². The lowest BCUT2D eigenvalue weighted by molar-refractivity contribution is -0.108. The van der Waals surface area contributed by atoms with Gasteiger partial charge < -0.3 is 0 Å². The number of allylic oxidation sites excluding steroid dienone is 4. The SMILES string of the molecule is O=C1C(c2ccccc2)=C(C#Cc2ccccc2)C(C#Cc2ccccc2)=C1c1ccccc1. The quantitative estimate of drug-likeness (QED) is 0.327. The highest BCUT2D eigenvalue weighted by Crippen LogP contribution is 2.40. The van der Waals surface area contributed by atoms with Gasteiger partial charge in [-0.1, -0.05) is 121 Å². The van der Waals surface area contributed by atoms with Crippen molar-refractivity contribution >= 4 is 16.9 Å². The van der Waals surface area contributed by atoms with E-state index < -0.39 is 0 Å². The van der Waals surface area contributed by atoms with Crippen molar-refractivity contribution in [2.45, 2.75) is 0 Å². The Morgan fingerprint density at radius 1 is 0.382 bits per heavy atom. The third kappa shape index (κ3) is 4.37. The average molecular weight is 433 g/mol. The molecule has 0 fully saturated rings. The summed E-state index contributed by atoms with van der Waals surface area (Å²) in [6.07, 6.45) is 0. The van der Waals surface area contributed by atoms with Gasteiger partial charge in [-0.2, -0.15) is 0 Å². The fourth-order valence-electron chi connectivity index (χ4n) is 3.92. The van der Waals surface area contributed by atoms with Gasteiger partial charge in [-0.15, -0.1) is 0 Å². The Morgan fingerprint density at radius 2 is 0.706 bits per heavy atom. The zero-order chi connectivity index (χ0) is 23.2. The summed E-state index contributed by atoms with van der Waals surface area (Å²) < 4.78 is 0. The molecule has 0 unspecified atom stereocenters. The van der Waals surface area contributed by atoms with Crippen LogP contribution in [0.3, 0.4) is 0 Å². The predicted molar refractivity (Wildman–Crippen MR) is 138 cm³/mol. The number of rotatable bonds is 2. The van der Waals surface area contributed by atoms with Crippen molar-refractivity contribution in [3.8, 4) is 23.7 Å². The number of ketones is 1. The van der Waals surface area contributed by atoms with Crippen LogP contribution in [-0.4, -0.2) is 5.78 Å². The number of carbonyl (C=O) groups is 1. The molecule has 0 radical (unpaired) electrons. The van der Waals surface area contributed by atoms with E-state index in [0.717, 1.165) is 22.3 Å². The molecule has 1 aliphatic rings. The Hall–Kier alpha value is -4.85. The molecule has 0 atom stereocenters. The van der Waals surface area contributed by atoms with Crippen LogP contribution in [0.1, 0.15) is 22.3 Å². The molecular formula is C33H20O. The molecule has 0 saturated heterocycles. The molecular weight excluding hydrogens is 412 g/mol. The van der Waals surface area contributed by atoms with Crippen molar-refractivity contribution in [1.82, 2.24) is 0 Å². The molecule has 0 bridgehead atoms. The molecule has 0 heterocycles. The van der Waals surface area contributed by atoms with Gasteiger partial charge in [0.1, 0.15) is 0 Å². The number of hydrogen-bond donors (Lipinski definition) is 0. The molecule has 0 spiro atoms. The second-order valence-electron chi connectivity index (χ2n) is 7.79. The second-order valence-corrected chi connectivity index (χ2v) is 7.79. The first-order valence-electron chi connectivity index (χ1n) is 11.1. The first-order valence-corrected chi connectivity index (χ1v) is 11.1. The molecule has 1 nitrogen and oxygen atoms in total. The smallest absolute Gasteiger partial charge is 0.196 e. The zero-order valence-corrected chi connectivity index (χ0v) is 18.5. The summed E-state index contributed by atoms with van der Waals surface area (Å²) in [7, 11) is 0. The monoisotopic (exact) mass is 432 g/mol. The van der Waals surface area contributed by atoms with E-state index in [9.17, 15) is 4.79 Å². The maximum Gasteiger partial charge on any atom is 0.196 e. The number of hydrogen-bond acceptors (Lipinski definition) is 1. The minimum atomic E-state index is -0.0490. The maximum atomic E-state index is 13.9. The third-order valence-electron chi connectivity index (χ3n) is 5.54. The molecule has 0 N–H and O–H groups in total. The van der Waals surface area contributed by atoms with Crippen LogP contribution in [0.2, 0.25) is 0 Å². The zero-order valence-electron chi connectivity index (χ0n) is 18.5. The van der Waals surface area contributed by atoms with E-state index in [1.54, 1.807) is 0 Å². The molecule has 158 valence electrons. The Kier molecular flexibility index (Phi) is 6.02. The summed E-state index contributed by atoms with van der Waals surface area (Å²) in [4.78, 5) is 13.9. The third-order valence-corrected chi connectivity index (χ3v) is 5.54. The van der Waals surface area contributed by atoms with Crippen LogP contribution in [0.25, 0.3) is 11.1 Å². The number of carbonyl (C=O) groups excluding carboxylic acids is 1. The number of benzene rings is 4. The predicted octanol–water partition coefficient (Wildman–Crippen LogP) is 6.58. The van der Waals surface area contributed by atoms with E-state index in [-0.39, 0.29) is 5.78 Å². The van der Waals surface area contributed by atoms with Crippen LogP contribution < -0.4 is 0 Å². The molecule has 1 aliphatic carbocycles. The van der Waals surface area contributed by atoms with Gasteiger partial charge in [-0.05, 0) is 35.4 Å². The Morgan fingerprint density at radius 3 is 1.06 bits per heavy atom. The first kappa shape index (κ1) is 21.0. The average Bonchev–Trinajstić information content (AvgIpc) is 3.19.